The highest BCUT2D eigenvalue weighted by molar-refractivity contribution is 5.92. The van der Waals surface area contributed by atoms with Gasteiger partial charge in [-0.1, -0.05) is 127 Å². The van der Waals surface area contributed by atoms with Gasteiger partial charge in [0.05, 0.1) is 88.8 Å². The molecule has 3 aliphatic carbocycles. The Hall–Kier alpha value is -17.7. The van der Waals surface area contributed by atoms with Crippen molar-refractivity contribution in [3.8, 4) is 11.4 Å². The molecule has 3 saturated carbocycles. The minimum absolute atomic E-state index is 0.0326. The Labute approximate surface area is 816 Å². The number of hydrogen-bond acceptors (Lipinski definition) is 25. The number of rotatable bonds is 20. The lowest BCUT2D eigenvalue weighted by atomic mass is 9.91. The average Bonchev–Trinajstić information content (AvgIpc) is 1.70. The molecule has 15 heterocycles. The zero-order valence-corrected chi connectivity index (χ0v) is 80.4. The monoisotopic (exact) mass is 1900 g/mol. The van der Waals surface area contributed by atoms with Gasteiger partial charge >= 0.3 is 0 Å². The topological polar surface area (TPSA) is 442 Å². The third-order valence-corrected chi connectivity index (χ3v) is 27.4. The molecule has 0 radical (unpaired) electrons. The predicted octanol–water partition coefficient (Wildman–Crippen LogP) is 19.5. The van der Waals surface area contributed by atoms with Crippen LogP contribution in [0.4, 0.5) is 29.1 Å². The van der Waals surface area contributed by atoms with E-state index in [2.05, 4.69) is 177 Å². The Morgan fingerprint density at radius 1 is 0.259 bits per heavy atom. The standard InChI is InChI=1S/2C23H20N6O.2C21H22N6O.C20H20N6O/c2*1-14-7-6-8-16-11-18(29(23(30)19(14)16)17-9-4-3-5-10-17)15(2)28-22-20-21(25-12-24-20)26-13-27-22;2*1-12-5-3-6-14-9-16(27(15-7-4-8-15)21(28)17(12)14)13(2)26-20-18-19(23-10-22-18)24-11-25-20;1-11-4-3-5-13-8-15(26(14-6-7-14)20(27)16(11)13)12(2)25-19-17-18(22-9-21-17)23-10-24-19/h2*3-13,15H,1-2H3,(H2,24,25,26,27,28);2*3,5-6,9-11,13,15H,4,7-8H2,1-2H3,(H2,22,23,24,25,26);3-5,8-10,12,14H,6-7H2,1-2H3,(H2,21,22,23,24,25)/t2*15-;2*13-;12-/m10101/s1. The number of H-pyrrole nitrogens is 5. The van der Waals surface area contributed by atoms with Crippen molar-refractivity contribution in [3.05, 3.63) is 353 Å². The molecule has 10 N–H and O–H groups in total. The molecule has 35 nitrogen and oxygen atoms in total. The molecule has 0 spiro atoms. The summed E-state index contributed by atoms with van der Waals surface area (Å²) in [6.45, 7) is 20.2. The maximum atomic E-state index is 13.6. The highest BCUT2D eigenvalue weighted by Gasteiger charge is 2.33. The molecule has 0 amide bonds. The van der Waals surface area contributed by atoms with Gasteiger partial charge in [0.15, 0.2) is 57.3 Å². The van der Waals surface area contributed by atoms with E-state index in [9.17, 15) is 24.0 Å². The largest absolute Gasteiger partial charge is 0.360 e. The average molecular weight is 1900 g/mol. The molecule has 143 heavy (non-hydrogen) atoms. The van der Waals surface area contributed by atoms with Gasteiger partial charge in [-0.15, -0.1) is 0 Å². The molecule has 5 atom stereocenters. The van der Waals surface area contributed by atoms with Crippen molar-refractivity contribution in [2.45, 2.75) is 169 Å². The second-order valence-corrected chi connectivity index (χ2v) is 36.9. The first-order valence-electron chi connectivity index (χ1n) is 48.1. The number of nitrogens with one attached hydrogen (secondary N) is 10. The van der Waals surface area contributed by atoms with Crippen LogP contribution in [-0.4, -0.2) is 123 Å². The number of para-hydroxylation sites is 2. The normalized spacial score (nSPS) is 14.2. The third-order valence-electron chi connectivity index (χ3n) is 27.4. The number of hydrogen-bond donors (Lipinski definition) is 10. The number of nitrogens with zero attached hydrogens (tertiary/aromatic N) is 20. The zero-order valence-electron chi connectivity index (χ0n) is 80.4. The molecule has 0 bridgehead atoms. The van der Waals surface area contributed by atoms with Crippen molar-refractivity contribution in [3.63, 3.8) is 0 Å². The van der Waals surface area contributed by atoms with Crippen LogP contribution in [0.1, 0.15) is 191 Å². The molecule has 0 aliphatic heterocycles. The number of aromatic nitrogens is 25. The van der Waals surface area contributed by atoms with Gasteiger partial charge in [-0.3, -0.25) is 33.1 Å². The molecule has 35 heteroatoms. The molecular weight excluding hydrogens is 1800 g/mol. The van der Waals surface area contributed by atoms with Crippen molar-refractivity contribution in [2.75, 3.05) is 26.6 Å². The number of imidazole rings is 5. The van der Waals surface area contributed by atoms with Gasteiger partial charge in [0.25, 0.3) is 27.8 Å². The fourth-order valence-corrected chi connectivity index (χ4v) is 19.7. The van der Waals surface area contributed by atoms with Crippen LogP contribution in [0.5, 0.6) is 0 Å². The molecule has 3 aliphatic rings. The van der Waals surface area contributed by atoms with Crippen LogP contribution < -0.4 is 54.4 Å². The van der Waals surface area contributed by atoms with E-state index in [1.54, 1.807) is 40.8 Å². The summed E-state index contributed by atoms with van der Waals surface area (Å²) in [6, 6.07) is 60.0. The predicted molar refractivity (Wildman–Crippen MR) is 560 cm³/mol. The molecule has 0 unspecified atom stereocenters. The summed E-state index contributed by atoms with van der Waals surface area (Å²) in [5.74, 6) is 3.34. The van der Waals surface area contributed by atoms with Crippen molar-refractivity contribution in [2.24, 2.45) is 0 Å². The lowest BCUT2D eigenvalue weighted by Gasteiger charge is -2.32. The smallest absolute Gasteiger partial charge is 0.263 e. The molecule has 0 saturated heterocycles. The summed E-state index contributed by atoms with van der Waals surface area (Å²) in [5, 5.41) is 25.9. The van der Waals surface area contributed by atoms with Crippen LogP contribution in [0.15, 0.2) is 269 Å². The minimum Gasteiger partial charge on any atom is -0.360 e. The number of aromatic amines is 5. The van der Waals surface area contributed by atoms with Crippen molar-refractivity contribution in [1.29, 1.82) is 0 Å². The van der Waals surface area contributed by atoms with Crippen LogP contribution in [0.25, 0.3) is 121 Å². The van der Waals surface area contributed by atoms with E-state index in [1.165, 1.54) is 44.5 Å². The quantitative estimate of drug-likeness (QED) is 0.0339. The number of aryl methyl sites for hydroxylation is 5. The molecule has 7 aromatic carbocycles. The fourth-order valence-electron chi connectivity index (χ4n) is 19.7. The Morgan fingerprint density at radius 3 is 0.713 bits per heavy atom. The van der Waals surface area contributed by atoms with E-state index in [0.29, 0.717) is 63.4 Å². The van der Waals surface area contributed by atoms with Crippen LogP contribution >= 0.6 is 0 Å². The van der Waals surface area contributed by atoms with E-state index in [4.69, 9.17) is 0 Å². The fraction of sp³-hybridized carbons (Fsp3) is 0.241. The summed E-state index contributed by atoms with van der Waals surface area (Å²) in [7, 11) is 0. The Kier molecular flexibility index (Phi) is 25.0. The SMILES string of the molecule is Cc1cccc2cc([C@@H](C)Nc3ncnc4nc[nH]c34)n(-c3ccccc3)c(=O)c12.Cc1cccc2cc([C@@H](C)Nc3ncnc4nc[nH]c34)n(C3CC3)c(=O)c12.Cc1cccc2cc([C@@H](C)Nc3ncnc4nc[nH]c34)n(C3CCC3)c(=O)c12.Cc1cccc2cc([C@H](C)Nc3ncnc4nc[nH]c34)n(-c3ccccc3)c(=O)c12.Cc1cccc2cc([C@H](C)Nc3ncnc4nc[nH]c34)n(C3CCC3)c(=O)c12. The van der Waals surface area contributed by atoms with E-state index >= 15 is 0 Å². The number of benzene rings is 7. The summed E-state index contributed by atoms with van der Waals surface area (Å²) in [6.07, 6.45) is 24.1. The Morgan fingerprint density at radius 2 is 0.483 bits per heavy atom. The van der Waals surface area contributed by atoms with Gasteiger partial charge in [-0.05, 0) is 230 Å². The van der Waals surface area contributed by atoms with Crippen LogP contribution in [-0.2, 0) is 0 Å². The lowest BCUT2D eigenvalue weighted by molar-refractivity contribution is 0.298. The first kappa shape index (κ1) is 91.7. The van der Waals surface area contributed by atoms with Crippen LogP contribution in [0.3, 0.4) is 0 Å². The van der Waals surface area contributed by atoms with Gasteiger partial charge in [0.2, 0.25) is 0 Å². The van der Waals surface area contributed by atoms with Crippen molar-refractivity contribution in [1.82, 2.24) is 123 Å². The Balaban J connectivity index is 0.000000106. The third kappa shape index (κ3) is 17.8. The summed E-state index contributed by atoms with van der Waals surface area (Å²) < 4.78 is 9.53. The van der Waals surface area contributed by atoms with E-state index in [0.717, 1.165) is 188 Å². The van der Waals surface area contributed by atoms with Crippen LogP contribution in [0.2, 0.25) is 0 Å². The number of pyridine rings is 5. The highest BCUT2D eigenvalue weighted by atomic mass is 16.1. The van der Waals surface area contributed by atoms with Gasteiger partial charge in [-0.2, -0.15) is 0 Å². The molecule has 22 aromatic rings. The zero-order chi connectivity index (χ0) is 98.4. The second kappa shape index (κ2) is 39.0. The summed E-state index contributed by atoms with van der Waals surface area (Å²) in [5.41, 5.74) is 18.3. The van der Waals surface area contributed by atoms with Crippen LogP contribution in [0, 0.1) is 34.6 Å². The first-order valence-corrected chi connectivity index (χ1v) is 48.1. The molecular formula is C108H104N30O5. The van der Waals surface area contributed by atoms with E-state index in [-0.39, 0.29) is 70.1 Å². The lowest BCUT2D eigenvalue weighted by Crippen LogP contribution is -2.33. The molecule has 3 fully saturated rings. The number of fused-ring (bicyclic) bond motifs is 10. The van der Waals surface area contributed by atoms with E-state index < -0.39 is 0 Å². The number of anilines is 5. The maximum Gasteiger partial charge on any atom is 0.263 e. The van der Waals surface area contributed by atoms with Gasteiger partial charge < -0.3 is 65.2 Å². The van der Waals surface area contributed by atoms with Crippen molar-refractivity contribution >= 4 is 139 Å². The molecule has 716 valence electrons. The van der Waals surface area contributed by atoms with Crippen molar-refractivity contribution < 1.29 is 0 Å². The highest BCUT2D eigenvalue weighted by Crippen LogP contribution is 2.41. The summed E-state index contributed by atoms with van der Waals surface area (Å²) >= 11 is 0. The maximum absolute atomic E-state index is 13.6. The van der Waals surface area contributed by atoms with Gasteiger partial charge in [0, 0.05) is 58.0 Å². The minimum atomic E-state index is -0.204. The van der Waals surface area contributed by atoms with Gasteiger partial charge in [0.1, 0.15) is 59.2 Å². The summed E-state index contributed by atoms with van der Waals surface area (Å²) in [4.78, 5) is 146. The van der Waals surface area contributed by atoms with Gasteiger partial charge in [-0.25, -0.2) is 74.8 Å². The molecule has 15 aromatic heterocycles. The Bertz CT molecular complexity index is 8500. The van der Waals surface area contributed by atoms with E-state index in [1.807, 2.05) is 214 Å². The second-order valence-electron chi connectivity index (χ2n) is 36.9. The first-order chi connectivity index (χ1) is 69.7. The molecule has 25 rings (SSSR count).